The summed E-state index contributed by atoms with van der Waals surface area (Å²) in [6.45, 7) is 2.26. The van der Waals surface area contributed by atoms with Crippen molar-refractivity contribution >= 4 is 19.8 Å². The Labute approximate surface area is 334 Å². The van der Waals surface area contributed by atoms with E-state index in [1.54, 1.807) is 0 Å². The van der Waals surface area contributed by atoms with Crippen LogP contribution in [-0.4, -0.2) is 65.7 Å². The molecule has 0 aliphatic heterocycles. The van der Waals surface area contributed by atoms with E-state index in [2.05, 4.69) is 67.0 Å². The molecule has 0 saturated heterocycles. The first-order valence-corrected chi connectivity index (χ1v) is 22.7. The number of phosphoric ester groups is 1. The Morgan fingerprint density at radius 3 is 1.53 bits per heavy atom. The molecule has 318 valence electrons. The highest BCUT2D eigenvalue weighted by molar-refractivity contribution is 7.47. The second-order valence-electron chi connectivity index (χ2n) is 14.0. The lowest BCUT2D eigenvalue weighted by Crippen LogP contribution is -2.29. The normalized spacial score (nSPS) is 14.5. The average molecular weight is 797 g/mol. The summed E-state index contributed by atoms with van der Waals surface area (Å²) in [6, 6.07) is 0. The molecule has 0 rings (SSSR count). The van der Waals surface area contributed by atoms with Crippen LogP contribution < -0.4 is 0 Å². The van der Waals surface area contributed by atoms with E-state index in [0.717, 1.165) is 64.2 Å². The maximum atomic E-state index is 12.6. The molecule has 1 unspecified atom stereocenters. The first-order chi connectivity index (χ1) is 26.7. The topological polar surface area (TPSA) is 149 Å². The van der Waals surface area contributed by atoms with Gasteiger partial charge in [-0.1, -0.05) is 139 Å². The Morgan fingerprint density at radius 1 is 0.545 bits per heavy atom. The van der Waals surface area contributed by atoms with Crippen molar-refractivity contribution in [2.24, 2.45) is 0 Å². The maximum absolute atomic E-state index is 12.6. The summed E-state index contributed by atoms with van der Waals surface area (Å²) >= 11 is 0. The van der Waals surface area contributed by atoms with Gasteiger partial charge in [-0.3, -0.25) is 18.6 Å². The number of ether oxygens (including phenoxy) is 2. The van der Waals surface area contributed by atoms with Gasteiger partial charge < -0.3 is 24.6 Å². The van der Waals surface area contributed by atoms with Gasteiger partial charge in [-0.25, -0.2) is 4.57 Å². The Morgan fingerprint density at radius 2 is 0.964 bits per heavy atom. The van der Waals surface area contributed by atoms with E-state index in [-0.39, 0.29) is 19.4 Å². The molecule has 10 nitrogen and oxygen atoms in total. The van der Waals surface area contributed by atoms with Crippen molar-refractivity contribution in [2.75, 3.05) is 26.4 Å². The average Bonchev–Trinajstić information content (AvgIpc) is 3.17. The third-order valence-electron chi connectivity index (χ3n) is 8.64. The van der Waals surface area contributed by atoms with Crippen molar-refractivity contribution in [2.45, 2.75) is 180 Å². The van der Waals surface area contributed by atoms with Crippen molar-refractivity contribution in [3.8, 4) is 0 Å². The van der Waals surface area contributed by atoms with Crippen LogP contribution in [0.1, 0.15) is 168 Å². The predicted octanol–water partition coefficient (Wildman–Crippen LogP) is 11.1. The van der Waals surface area contributed by atoms with E-state index >= 15 is 0 Å². The summed E-state index contributed by atoms with van der Waals surface area (Å²) in [5.74, 6) is -1.00. The number of carbonyl (C=O) groups excluding carboxylic acids is 2. The molecule has 0 aromatic carbocycles. The quantitative estimate of drug-likeness (QED) is 0.0237. The van der Waals surface area contributed by atoms with Crippen LogP contribution in [0.25, 0.3) is 0 Å². The minimum absolute atomic E-state index is 0.105. The van der Waals surface area contributed by atoms with E-state index in [1.165, 1.54) is 57.8 Å². The number of rotatable bonds is 39. The summed E-state index contributed by atoms with van der Waals surface area (Å²) < 4.78 is 32.6. The van der Waals surface area contributed by atoms with E-state index in [9.17, 15) is 24.2 Å². The van der Waals surface area contributed by atoms with Gasteiger partial charge in [-0.15, -0.1) is 0 Å². The van der Waals surface area contributed by atoms with Crippen molar-refractivity contribution in [3.63, 3.8) is 0 Å². The molecule has 0 fully saturated rings. The molecule has 0 aromatic heterocycles. The van der Waals surface area contributed by atoms with Gasteiger partial charge >= 0.3 is 19.8 Å². The van der Waals surface area contributed by atoms with Gasteiger partial charge in [-0.2, -0.15) is 0 Å². The molecule has 0 radical (unpaired) electrons. The largest absolute Gasteiger partial charge is 0.472 e. The van der Waals surface area contributed by atoms with Gasteiger partial charge in [0.05, 0.1) is 19.8 Å². The lowest BCUT2D eigenvalue weighted by atomic mass is 10.1. The fraction of sp³-hybridized carbons (Fsp3) is 0.727. The first-order valence-electron chi connectivity index (χ1n) is 21.2. The molecule has 55 heavy (non-hydrogen) atoms. The second-order valence-corrected chi connectivity index (χ2v) is 15.5. The van der Waals surface area contributed by atoms with Crippen LogP contribution in [0.15, 0.2) is 60.8 Å². The monoisotopic (exact) mass is 797 g/mol. The fourth-order valence-electron chi connectivity index (χ4n) is 5.33. The molecule has 3 N–H and O–H groups in total. The Kier molecular flexibility index (Phi) is 38.2. The highest BCUT2D eigenvalue weighted by Crippen LogP contribution is 2.43. The van der Waals surface area contributed by atoms with Crippen LogP contribution in [-0.2, 0) is 32.7 Å². The molecule has 0 spiro atoms. The number of allylic oxidation sites excluding steroid dienone is 10. The van der Waals surface area contributed by atoms with Crippen LogP contribution in [0.2, 0.25) is 0 Å². The first kappa shape index (κ1) is 52.7. The highest BCUT2D eigenvalue weighted by Gasteiger charge is 2.27. The minimum atomic E-state index is -4.63. The van der Waals surface area contributed by atoms with Crippen LogP contribution in [0, 0.1) is 0 Å². The smallest absolute Gasteiger partial charge is 0.462 e. The number of hydrogen-bond acceptors (Lipinski definition) is 9. The Hall–Kier alpha value is -2.33. The van der Waals surface area contributed by atoms with Gasteiger partial charge in [0.1, 0.15) is 12.7 Å². The zero-order chi connectivity index (χ0) is 40.5. The van der Waals surface area contributed by atoms with Crippen molar-refractivity contribution in [1.29, 1.82) is 0 Å². The fourth-order valence-corrected chi connectivity index (χ4v) is 6.12. The van der Waals surface area contributed by atoms with E-state index in [1.807, 2.05) is 12.2 Å². The third kappa shape index (κ3) is 39.7. The summed E-state index contributed by atoms with van der Waals surface area (Å²) in [5.41, 5.74) is 0. The van der Waals surface area contributed by atoms with Crippen LogP contribution in [0.5, 0.6) is 0 Å². The van der Waals surface area contributed by atoms with E-state index in [4.69, 9.17) is 19.1 Å². The van der Waals surface area contributed by atoms with Crippen LogP contribution in [0.4, 0.5) is 0 Å². The molecular weight excluding hydrogens is 719 g/mol. The van der Waals surface area contributed by atoms with Gasteiger partial charge in [0, 0.05) is 12.8 Å². The Bertz CT molecular complexity index is 1100. The second kappa shape index (κ2) is 39.9. The third-order valence-corrected chi connectivity index (χ3v) is 9.60. The number of aliphatic hydroxyl groups is 2. The van der Waals surface area contributed by atoms with E-state index < -0.39 is 51.8 Å². The molecule has 3 atom stereocenters. The number of hydrogen-bond donors (Lipinski definition) is 3. The zero-order valence-corrected chi connectivity index (χ0v) is 35.3. The van der Waals surface area contributed by atoms with E-state index in [0.29, 0.717) is 19.3 Å². The minimum Gasteiger partial charge on any atom is -0.462 e. The highest BCUT2D eigenvalue weighted by atomic mass is 31.2. The van der Waals surface area contributed by atoms with Gasteiger partial charge in [0.2, 0.25) is 0 Å². The number of carbonyl (C=O) groups is 2. The summed E-state index contributed by atoms with van der Waals surface area (Å²) in [7, 11) is -4.63. The molecule has 11 heteroatoms. The predicted molar refractivity (Wildman–Crippen MR) is 224 cm³/mol. The molecule has 0 saturated carbocycles. The maximum Gasteiger partial charge on any atom is 0.472 e. The molecular formula is C44H77O10P. The molecule has 0 bridgehead atoms. The lowest BCUT2D eigenvalue weighted by molar-refractivity contribution is -0.161. The number of phosphoric acid groups is 1. The van der Waals surface area contributed by atoms with Crippen molar-refractivity contribution in [1.82, 2.24) is 0 Å². The SMILES string of the molecule is CCCCCC=CCC=CCC=CCC=CCCCC(=O)O[C@H](COC(=O)CCCCCCCC=CCCCCCCCC)COP(=O)(O)OC[C@@H](O)CO. The van der Waals surface area contributed by atoms with Gasteiger partial charge in [-0.05, 0) is 77.0 Å². The summed E-state index contributed by atoms with van der Waals surface area (Å²) in [5, 5.41) is 18.3. The summed E-state index contributed by atoms with van der Waals surface area (Å²) in [4.78, 5) is 34.9. The molecule has 0 aromatic rings. The van der Waals surface area contributed by atoms with Crippen LogP contribution in [0.3, 0.4) is 0 Å². The number of esters is 2. The number of unbranched alkanes of at least 4 members (excludes halogenated alkanes) is 15. The van der Waals surface area contributed by atoms with Gasteiger partial charge in [0.25, 0.3) is 0 Å². The standard InChI is InChI=1S/C44H77O10P/c1-3-5-7-9-11-13-15-17-19-20-22-24-26-28-30-32-34-36-44(48)54-42(40-53-55(49,50)52-38-41(46)37-45)39-51-43(47)35-33-31-29-27-25-23-21-18-16-14-12-10-8-6-4-2/h11,13,17-19,21-22,24,28,30,41-42,45-46H,3-10,12,14-16,20,23,25-27,29,31-40H2,1-2H3,(H,49,50)/t41-,42+/m0/s1. The summed E-state index contributed by atoms with van der Waals surface area (Å²) in [6.07, 6.45) is 43.3. The Balaban J connectivity index is 4.44. The zero-order valence-electron chi connectivity index (χ0n) is 34.4. The molecule has 0 aliphatic carbocycles. The van der Waals surface area contributed by atoms with Crippen LogP contribution >= 0.6 is 7.82 Å². The van der Waals surface area contributed by atoms with Gasteiger partial charge in [0.15, 0.2) is 6.10 Å². The van der Waals surface area contributed by atoms with Crippen molar-refractivity contribution < 1.29 is 47.8 Å². The number of aliphatic hydroxyl groups excluding tert-OH is 2. The lowest BCUT2D eigenvalue weighted by Gasteiger charge is -2.20. The molecule has 0 aliphatic rings. The van der Waals surface area contributed by atoms with Crippen molar-refractivity contribution in [3.05, 3.63) is 60.8 Å². The molecule has 0 amide bonds. The molecule has 0 heterocycles.